The van der Waals surface area contributed by atoms with Crippen molar-refractivity contribution >= 4 is 17.7 Å². The third-order valence-corrected chi connectivity index (χ3v) is 6.03. The molecule has 0 fully saturated rings. The Hall–Kier alpha value is -4.33. The molecule has 0 aromatic heterocycles. The maximum Gasteiger partial charge on any atom is 0.261 e. The fraction of sp³-hybridized carbons (Fsp3) is 0.250. The maximum atomic E-state index is 13.5. The van der Waals surface area contributed by atoms with Gasteiger partial charge in [-0.05, 0) is 42.8 Å². The molecule has 0 aliphatic carbocycles. The second kappa shape index (κ2) is 10.5. The van der Waals surface area contributed by atoms with E-state index < -0.39 is 0 Å². The number of carbonyl (C=O) groups excluding carboxylic acids is 3. The fourth-order valence-electron chi connectivity index (χ4n) is 4.30. The summed E-state index contributed by atoms with van der Waals surface area (Å²) in [7, 11) is 4.80. The normalized spacial score (nSPS) is 12.4. The summed E-state index contributed by atoms with van der Waals surface area (Å²) < 4.78 is 16.6. The van der Waals surface area contributed by atoms with Gasteiger partial charge in [-0.15, -0.1) is 0 Å². The van der Waals surface area contributed by atoms with Crippen LogP contribution in [0.5, 0.6) is 17.2 Å². The van der Waals surface area contributed by atoms with Crippen LogP contribution in [0.1, 0.15) is 49.1 Å². The van der Waals surface area contributed by atoms with Crippen molar-refractivity contribution in [2.45, 2.75) is 20.0 Å². The molecule has 1 aliphatic rings. The van der Waals surface area contributed by atoms with Crippen LogP contribution in [0.4, 0.5) is 0 Å². The Labute approximate surface area is 210 Å². The summed E-state index contributed by atoms with van der Waals surface area (Å²) in [4.78, 5) is 41.9. The number of methoxy groups -OCH3 is 2. The molecule has 0 bridgehead atoms. The van der Waals surface area contributed by atoms with Crippen molar-refractivity contribution in [1.82, 2.24) is 9.80 Å². The minimum atomic E-state index is -0.348. The summed E-state index contributed by atoms with van der Waals surface area (Å²) in [6, 6.07) is 17.4. The van der Waals surface area contributed by atoms with Crippen molar-refractivity contribution < 1.29 is 28.6 Å². The number of rotatable bonds is 9. The van der Waals surface area contributed by atoms with E-state index in [9.17, 15) is 14.4 Å². The van der Waals surface area contributed by atoms with E-state index in [1.165, 1.54) is 4.90 Å². The standard InChI is InChI=1S/C28H28N2O6/c1-5-36-23-14-13-18(16-30-27(32)20-10-6-7-11-21(20)28(30)33)15-22(23)26(31)29(2)17-19-9-8-12-24(34-3)25(19)35-4/h6-15H,5,16-17H2,1-4H3. The molecule has 4 rings (SSSR count). The average molecular weight is 489 g/mol. The first-order valence-electron chi connectivity index (χ1n) is 11.6. The Balaban J connectivity index is 1.60. The van der Waals surface area contributed by atoms with E-state index in [1.807, 2.05) is 19.1 Å². The largest absolute Gasteiger partial charge is 0.493 e. The zero-order valence-corrected chi connectivity index (χ0v) is 20.7. The average Bonchev–Trinajstić information content (AvgIpc) is 3.13. The highest BCUT2D eigenvalue weighted by atomic mass is 16.5. The summed E-state index contributed by atoms with van der Waals surface area (Å²) in [5, 5.41) is 0. The third-order valence-electron chi connectivity index (χ3n) is 6.03. The maximum absolute atomic E-state index is 13.5. The van der Waals surface area contributed by atoms with E-state index in [4.69, 9.17) is 14.2 Å². The van der Waals surface area contributed by atoms with Crippen molar-refractivity contribution in [3.8, 4) is 17.2 Å². The number of para-hydroxylation sites is 1. The highest BCUT2D eigenvalue weighted by Crippen LogP contribution is 2.32. The number of carbonyl (C=O) groups is 3. The molecule has 0 radical (unpaired) electrons. The van der Waals surface area contributed by atoms with Gasteiger partial charge in [0.05, 0.1) is 44.1 Å². The van der Waals surface area contributed by atoms with Gasteiger partial charge in [-0.2, -0.15) is 0 Å². The number of nitrogens with zero attached hydrogens (tertiary/aromatic N) is 2. The van der Waals surface area contributed by atoms with Crippen LogP contribution in [0.2, 0.25) is 0 Å². The van der Waals surface area contributed by atoms with Gasteiger partial charge >= 0.3 is 0 Å². The van der Waals surface area contributed by atoms with Gasteiger partial charge in [-0.3, -0.25) is 19.3 Å². The summed E-state index contributed by atoms with van der Waals surface area (Å²) in [5.74, 6) is 0.600. The SMILES string of the molecule is CCOc1ccc(CN2C(=O)c3ccccc3C2=O)cc1C(=O)N(C)Cc1cccc(OC)c1OC. The topological polar surface area (TPSA) is 85.4 Å². The van der Waals surface area contributed by atoms with Crippen molar-refractivity contribution in [2.75, 3.05) is 27.9 Å². The first kappa shape index (κ1) is 24.8. The Morgan fingerprint density at radius 2 is 1.58 bits per heavy atom. The van der Waals surface area contributed by atoms with Crippen LogP contribution >= 0.6 is 0 Å². The zero-order valence-electron chi connectivity index (χ0n) is 20.7. The van der Waals surface area contributed by atoms with Crippen molar-refractivity contribution in [2.24, 2.45) is 0 Å². The summed E-state index contributed by atoms with van der Waals surface area (Å²) in [6.45, 7) is 2.54. The second-order valence-corrected chi connectivity index (χ2v) is 8.32. The predicted octanol–water partition coefficient (Wildman–Crippen LogP) is 4.17. The number of hydrogen-bond donors (Lipinski definition) is 0. The van der Waals surface area contributed by atoms with Crippen molar-refractivity contribution in [1.29, 1.82) is 0 Å². The molecule has 36 heavy (non-hydrogen) atoms. The molecule has 0 spiro atoms. The van der Waals surface area contributed by atoms with E-state index in [-0.39, 0.29) is 30.8 Å². The lowest BCUT2D eigenvalue weighted by molar-refractivity contribution is 0.0642. The molecular weight excluding hydrogens is 460 g/mol. The number of imide groups is 1. The van der Waals surface area contributed by atoms with Crippen LogP contribution in [0.25, 0.3) is 0 Å². The molecule has 8 nitrogen and oxygen atoms in total. The quantitative estimate of drug-likeness (QED) is 0.420. The number of ether oxygens (including phenoxy) is 3. The molecule has 1 aliphatic heterocycles. The van der Waals surface area contributed by atoms with Crippen LogP contribution in [-0.4, -0.2) is 55.4 Å². The molecule has 0 unspecified atom stereocenters. The minimum Gasteiger partial charge on any atom is -0.493 e. The van der Waals surface area contributed by atoms with Gasteiger partial charge in [0.1, 0.15) is 5.75 Å². The Bertz CT molecular complexity index is 1280. The molecule has 3 aromatic rings. The first-order valence-corrected chi connectivity index (χ1v) is 11.6. The second-order valence-electron chi connectivity index (χ2n) is 8.32. The van der Waals surface area contributed by atoms with Gasteiger partial charge in [0.2, 0.25) is 0 Å². The van der Waals surface area contributed by atoms with Crippen LogP contribution in [0, 0.1) is 0 Å². The Kier molecular flexibility index (Phi) is 7.24. The molecule has 0 atom stereocenters. The lowest BCUT2D eigenvalue weighted by Gasteiger charge is -2.22. The van der Waals surface area contributed by atoms with Crippen LogP contribution in [0.3, 0.4) is 0 Å². The predicted molar refractivity (Wildman–Crippen MR) is 134 cm³/mol. The highest BCUT2D eigenvalue weighted by molar-refractivity contribution is 6.21. The van der Waals surface area contributed by atoms with Crippen molar-refractivity contribution in [3.05, 3.63) is 88.5 Å². The fourth-order valence-corrected chi connectivity index (χ4v) is 4.30. The molecule has 0 N–H and O–H groups in total. The number of fused-ring (bicyclic) bond motifs is 1. The number of hydrogen-bond acceptors (Lipinski definition) is 6. The third kappa shape index (κ3) is 4.62. The highest BCUT2D eigenvalue weighted by Gasteiger charge is 2.35. The number of benzene rings is 3. The van der Waals surface area contributed by atoms with Crippen molar-refractivity contribution in [3.63, 3.8) is 0 Å². The zero-order chi connectivity index (χ0) is 25.8. The molecule has 0 saturated heterocycles. The smallest absolute Gasteiger partial charge is 0.261 e. The Morgan fingerprint density at radius 1 is 0.889 bits per heavy atom. The van der Waals surface area contributed by atoms with Crippen LogP contribution < -0.4 is 14.2 Å². The lowest BCUT2D eigenvalue weighted by atomic mass is 10.1. The molecule has 186 valence electrons. The van der Waals surface area contributed by atoms with E-state index >= 15 is 0 Å². The van der Waals surface area contributed by atoms with Gasteiger partial charge < -0.3 is 19.1 Å². The van der Waals surface area contributed by atoms with Crippen LogP contribution in [-0.2, 0) is 13.1 Å². The van der Waals surface area contributed by atoms with E-state index in [0.717, 1.165) is 5.56 Å². The molecule has 1 heterocycles. The van der Waals surface area contributed by atoms with Gasteiger partial charge in [0.15, 0.2) is 11.5 Å². The van der Waals surface area contributed by atoms with Gasteiger partial charge in [0, 0.05) is 19.2 Å². The first-order chi connectivity index (χ1) is 17.4. The minimum absolute atomic E-state index is 0.0481. The van der Waals surface area contributed by atoms with E-state index in [1.54, 1.807) is 74.7 Å². The summed E-state index contributed by atoms with van der Waals surface area (Å²) in [6.07, 6.45) is 0. The molecular formula is C28H28N2O6. The molecule has 0 saturated carbocycles. The lowest BCUT2D eigenvalue weighted by Crippen LogP contribution is -2.30. The summed E-state index contributed by atoms with van der Waals surface area (Å²) >= 11 is 0. The monoisotopic (exact) mass is 488 g/mol. The van der Waals surface area contributed by atoms with Gasteiger partial charge in [-0.1, -0.05) is 30.3 Å². The van der Waals surface area contributed by atoms with E-state index in [0.29, 0.717) is 46.1 Å². The summed E-state index contributed by atoms with van der Waals surface area (Å²) in [5.41, 5.74) is 2.54. The Morgan fingerprint density at radius 3 is 2.19 bits per heavy atom. The van der Waals surface area contributed by atoms with Crippen LogP contribution in [0.15, 0.2) is 60.7 Å². The van der Waals surface area contributed by atoms with Gasteiger partial charge in [0.25, 0.3) is 17.7 Å². The molecule has 8 heteroatoms. The van der Waals surface area contributed by atoms with Gasteiger partial charge in [-0.25, -0.2) is 0 Å². The molecule has 3 aromatic carbocycles. The number of amides is 3. The van der Waals surface area contributed by atoms with E-state index in [2.05, 4.69) is 0 Å². The molecule has 3 amide bonds.